The van der Waals surface area contributed by atoms with Crippen molar-refractivity contribution in [1.82, 2.24) is 12.7 Å². The molecule has 2 heterocycles. The molecule has 0 atom stereocenters. The van der Waals surface area contributed by atoms with Gasteiger partial charge < -0.3 is 4.74 Å². The third kappa shape index (κ3) is 3.61. The number of fused-ring (bicyclic) bond motifs is 2. The van der Waals surface area contributed by atoms with E-state index in [1.165, 1.54) is 17.1 Å². The van der Waals surface area contributed by atoms with Crippen molar-refractivity contribution in [2.24, 2.45) is 0 Å². The van der Waals surface area contributed by atoms with Crippen LogP contribution in [0.3, 0.4) is 0 Å². The molecule has 0 bridgehead atoms. The minimum Gasteiger partial charge on any atom is -0.469 e. The monoisotopic (exact) mass is 449 g/mol. The quantitative estimate of drug-likeness (QED) is 0.413. The number of esters is 1. The number of carbonyl (C=O) groups excluding carboxylic acids is 1. The van der Waals surface area contributed by atoms with Crippen molar-refractivity contribution >= 4 is 61.3 Å². The second-order valence-electron chi connectivity index (χ2n) is 6.43. The van der Waals surface area contributed by atoms with Gasteiger partial charge in [0, 0.05) is 22.5 Å². The van der Waals surface area contributed by atoms with Crippen LogP contribution in [0.2, 0.25) is 5.02 Å². The fourth-order valence-corrected chi connectivity index (χ4v) is 5.79. The molecule has 0 aliphatic carbocycles. The van der Waals surface area contributed by atoms with Gasteiger partial charge >= 0.3 is 5.97 Å². The Kier molecular flexibility index (Phi) is 5.28. The average Bonchev–Trinajstić information content (AvgIpc) is 3.31. The minimum atomic E-state index is -3.96. The highest BCUT2D eigenvalue weighted by molar-refractivity contribution is 7.90. The summed E-state index contributed by atoms with van der Waals surface area (Å²) < 4.78 is 41.6. The Morgan fingerprint density at radius 3 is 2.83 bits per heavy atom. The van der Waals surface area contributed by atoms with Crippen molar-refractivity contribution < 1.29 is 17.9 Å². The van der Waals surface area contributed by atoms with Crippen LogP contribution in [0.1, 0.15) is 18.5 Å². The lowest BCUT2D eigenvalue weighted by Crippen LogP contribution is -2.16. The smallest absolute Gasteiger partial charge is 0.305 e. The van der Waals surface area contributed by atoms with Crippen LogP contribution in [-0.2, 0) is 26.0 Å². The number of benzene rings is 2. The molecule has 150 valence electrons. The van der Waals surface area contributed by atoms with E-state index in [1.54, 1.807) is 36.4 Å². The van der Waals surface area contributed by atoms with Crippen molar-refractivity contribution in [3.63, 3.8) is 0 Å². The molecule has 4 aromatic rings. The number of halogens is 1. The fourth-order valence-electron chi connectivity index (χ4n) is 3.28. The molecular weight excluding hydrogens is 434 g/mol. The van der Waals surface area contributed by atoms with E-state index in [0.717, 1.165) is 11.7 Å². The molecule has 0 unspecified atom stereocenters. The van der Waals surface area contributed by atoms with Crippen LogP contribution in [0.4, 0.5) is 0 Å². The van der Waals surface area contributed by atoms with E-state index in [4.69, 9.17) is 11.6 Å². The molecule has 0 amide bonds. The van der Waals surface area contributed by atoms with Gasteiger partial charge in [0.2, 0.25) is 0 Å². The number of rotatable bonds is 6. The number of ether oxygens (including phenoxy) is 1. The van der Waals surface area contributed by atoms with Gasteiger partial charge in [-0.3, -0.25) is 4.79 Å². The van der Waals surface area contributed by atoms with Gasteiger partial charge in [0.15, 0.2) is 0 Å². The van der Waals surface area contributed by atoms with Crippen molar-refractivity contribution in [2.75, 3.05) is 7.11 Å². The largest absolute Gasteiger partial charge is 0.469 e. The zero-order chi connectivity index (χ0) is 20.6. The first-order chi connectivity index (χ1) is 13.9. The van der Waals surface area contributed by atoms with Crippen LogP contribution < -0.4 is 0 Å². The lowest BCUT2D eigenvalue weighted by molar-refractivity contribution is -0.140. The summed E-state index contributed by atoms with van der Waals surface area (Å²) in [4.78, 5) is 11.5. The molecule has 0 fully saturated rings. The van der Waals surface area contributed by atoms with Crippen LogP contribution in [0, 0.1) is 0 Å². The Labute approximate surface area is 176 Å². The van der Waals surface area contributed by atoms with E-state index in [0.29, 0.717) is 45.5 Å². The molecular formula is C19H16ClN3O4S2. The van der Waals surface area contributed by atoms with Gasteiger partial charge in [-0.15, -0.1) is 0 Å². The van der Waals surface area contributed by atoms with Crippen LogP contribution in [-0.4, -0.2) is 34.2 Å². The van der Waals surface area contributed by atoms with Gasteiger partial charge in [-0.05, 0) is 49.2 Å². The SMILES string of the molecule is COC(=O)CCCc1cc2cc(Cl)ccc2n1S(=O)(=O)c1cccc2nsnc12. The summed E-state index contributed by atoms with van der Waals surface area (Å²) in [5.74, 6) is -0.336. The predicted molar refractivity (Wildman–Crippen MR) is 112 cm³/mol. The molecule has 2 aromatic heterocycles. The third-order valence-electron chi connectivity index (χ3n) is 4.60. The summed E-state index contributed by atoms with van der Waals surface area (Å²) in [6.45, 7) is 0. The number of carbonyl (C=O) groups is 1. The summed E-state index contributed by atoms with van der Waals surface area (Å²) in [5, 5.41) is 1.22. The van der Waals surface area contributed by atoms with Crippen molar-refractivity contribution in [2.45, 2.75) is 24.2 Å². The Morgan fingerprint density at radius 2 is 2.03 bits per heavy atom. The topological polar surface area (TPSA) is 91.2 Å². The Balaban J connectivity index is 1.87. The summed E-state index contributed by atoms with van der Waals surface area (Å²) in [5.41, 5.74) is 1.95. The molecule has 29 heavy (non-hydrogen) atoms. The first-order valence-corrected chi connectivity index (χ1v) is 11.3. The number of aryl methyl sites for hydroxylation is 1. The molecule has 0 saturated heterocycles. The molecule has 0 saturated carbocycles. The molecule has 0 spiro atoms. The molecule has 0 aliphatic heterocycles. The summed E-state index contributed by atoms with van der Waals surface area (Å²) in [6.07, 6.45) is 1.03. The minimum absolute atomic E-state index is 0.0883. The van der Waals surface area contributed by atoms with E-state index in [1.807, 2.05) is 0 Å². The molecule has 10 heteroatoms. The molecule has 2 aromatic carbocycles. The maximum atomic E-state index is 13.7. The van der Waals surface area contributed by atoms with Crippen LogP contribution in [0.15, 0.2) is 47.4 Å². The van der Waals surface area contributed by atoms with Gasteiger partial charge in [-0.1, -0.05) is 17.7 Å². The fraction of sp³-hybridized carbons (Fsp3) is 0.211. The molecule has 7 nitrogen and oxygen atoms in total. The molecule has 0 N–H and O–H groups in total. The maximum absolute atomic E-state index is 13.7. The van der Waals surface area contributed by atoms with E-state index in [-0.39, 0.29) is 17.3 Å². The highest BCUT2D eigenvalue weighted by Gasteiger charge is 2.26. The third-order valence-corrected chi connectivity index (χ3v) is 7.17. The van der Waals surface area contributed by atoms with Crippen LogP contribution in [0.5, 0.6) is 0 Å². The van der Waals surface area contributed by atoms with Gasteiger partial charge in [-0.25, -0.2) is 12.4 Å². The number of methoxy groups -OCH3 is 1. The molecule has 4 rings (SSSR count). The first-order valence-electron chi connectivity index (χ1n) is 8.75. The second kappa shape index (κ2) is 7.74. The zero-order valence-electron chi connectivity index (χ0n) is 15.3. The van der Waals surface area contributed by atoms with Gasteiger partial charge in [0.05, 0.1) is 24.4 Å². The van der Waals surface area contributed by atoms with Crippen LogP contribution in [0.25, 0.3) is 21.9 Å². The molecule has 0 radical (unpaired) electrons. The van der Waals surface area contributed by atoms with Gasteiger partial charge in [0.25, 0.3) is 10.0 Å². The normalized spacial score (nSPS) is 11.9. The summed E-state index contributed by atoms with van der Waals surface area (Å²) >= 11 is 7.07. The van der Waals surface area contributed by atoms with E-state index in [9.17, 15) is 13.2 Å². The van der Waals surface area contributed by atoms with Crippen molar-refractivity contribution in [3.05, 3.63) is 53.2 Å². The number of hydrogen-bond donors (Lipinski definition) is 0. The van der Waals surface area contributed by atoms with E-state index < -0.39 is 10.0 Å². The summed E-state index contributed by atoms with van der Waals surface area (Å²) in [6, 6.07) is 11.7. The zero-order valence-corrected chi connectivity index (χ0v) is 17.7. The Hall–Kier alpha value is -2.49. The standard InChI is InChI=1S/C19H16ClN3O4S2/c1-27-18(24)7-2-4-14-11-12-10-13(20)8-9-16(12)23(14)29(25,26)17-6-3-5-15-19(17)22-28-21-15/h3,5-6,8-11H,2,4,7H2,1H3. The Bertz CT molecular complexity index is 1330. The summed E-state index contributed by atoms with van der Waals surface area (Å²) in [7, 11) is -2.63. The maximum Gasteiger partial charge on any atom is 0.305 e. The molecule has 0 aliphatic rings. The van der Waals surface area contributed by atoms with E-state index in [2.05, 4.69) is 13.5 Å². The van der Waals surface area contributed by atoms with Gasteiger partial charge in [0.1, 0.15) is 15.9 Å². The lowest BCUT2D eigenvalue weighted by atomic mass is 10.2. The highest BCUT2D eigenvalue weighted by Crippen LogP contribution is 2.31. The average molecular weight is 450 g/mol. The predicted octanol–water partition coefficient (Wildman–Crippen LogP) is 4.03. The number of aromatic nitrogens is 3. The van der Waals surface area contributed by atoms with Crippen LogP contribution >= 0.6 is 23.3 Å². The lowest BCUT2D eigenvalue weighted by Gasteiger charge is -2.12. The number of nitrogens with zero attached hydrogens (tertiary/aromatic N) is 3. The van der Waals surface area contributed by atoms with Crippen molar-refractivity contribution in [1.29, 1.82) is 0 Å². The first kappa shape index (κ1) is 19.8. The Morgan fingerprint density at radius 1 is 1.21 bits per heavy atom. The van der Waals surface area contributed by atoms with Gasteiger partial charge in [-0.2, -0.15) is 8.75 Å². The highest BCUT2D eigenvalue weighted by atomic mass is 35.5. The second-order valence-corrected chi connectivity index (χ2v) is 9.15. The van der Waals surface area contributed by atoms with E-state index >= 15 is 0 Å². The van der Waals surface area contributed by atoms with Crippen molar-refractivity contribution in [3.8, 4) is 0 Å². The number of hydrogen-bond acceptors (Lipinski definition) is 7.